The van der Waals surface area contributed by atoms with Gasteiger partial charge in [-0.25, -0.2) is 0 Å². The quantitative estimate of drug-likeness (QED) is 0.145. The Bertz CT molecular complexity index is 1470. The molecule has 2 saturated carbocycles. The van der Waals surface area contributed by atoms with Gasteiger partial charge in [-0.2, -0.15) is 0 Å². The topological polar surface area (TPSA) is 145 Å². The molecule has 11 nitrogen and oxygen atoms in total. The highest BCUT2D eigenvalue weighted by atomic mass is 32.1. The van der Waals surface area contributed by atoms with Crippen LogP contribution in [0, 0.1) is 23.2 Å². The average molecular weight is 724 g/mol. The molecule has 4 aliphatic rings. The summed E-state index contributed by atoms with van der Waals surface area (Å²) in [6.45, 7) is 14.1. The fourth-order valence-corrected chi connectivity index (χ4v) is 9.47. The van der Waals surface area contributed by atoms with Crippen molar-refractivity contribution in [3.8, 4) is 0 Å². The maximum absolute atomic E-state index is 15.1. The molecule has 4 fully saturated rings. The first-order valence-electron chi connectivity index (χ1n) is 18.9. The van der Waals surface area contributed by atoms with Crippen molar-refractivity contribution in [2.45, 2.75) is 135 Å². The van der Waals surface area contributed by atoms with Gasteiger partial charge in [0, 0.05) is 13.1 Å². The van der Waals surface area contributed by atoms with Crippen LogP contribution < -0.4 is 16.0 Å². The van der Waals surface area contributed by atoms with E-state index in [2.05, 4.69) is 36.4 Å². The van der Waals surface area contributed by atoms with Crippen LogP contribution in [0.25, 0.3) is 0 Å². The molecule has 51 heavy (non-hydrogen) atoms. The molecule has 0 aromatic carbocycles. The minimum Gasteiger partial charge on any atom is -0.346 e. The highest BCUT2D eigenvalue weighted by Gasteiger charge is 2.65. The number of Topliss-reactive ketones (excluding diaryl/α,β-unsaturated/α-hetero) is 1. The van der Waals surface area contributed by atoms with Gasteiger partial charge in [0.1, 0.15) is 18.1 Å². The Balaban J connectivity index is 1.44. The third-order valence-corrected chi connectivity index (χ3v) is 12.3. The molecule has 5 atom stereocenters. The van der Waals surface area contributed by atoms with Crippen LogP contribution in [0.3, 0.4) is 0 Å². The summed E-state index contributed by atoms with van der Waals surface area (Å²) in [5.74, 6) is -2.40. The van der Waals surface area contributed by atoms with Crippen molar-refractivity contribution in [3.05, 3.63) is 35.0 Å². The number of rotatable bonds is 14. The van der Waals surface area contributed by atoms with Crippen LogP contribution in [0.1, 0.15) is 115 Å². The van der Waals surface area contributed by atoms with E-state index >= 15 is 4.79 Å². The first-order chi connectivity index (χ1) is 24.2. The molecule has 2 aliphatic heterocycles. The Hall–Kier alpha value is -3.54. The second-order valence-electron chi connectivity index (χ2n) is 16.6. The summed E-state index contributed by atoms with van der Waals surface area (Å²) < 4.78 is 0. The van der Waals surface area contributed by atoms with E-state index in [1.54, 1.807) is 21.9 Å². The molecular formula is C39H57N5O6S. The lowest BCUT2D eigenvalue weighted by Gasteiger charge is -2.63. The minimum atomic E-state index is -1.00. The number of thiophene rings is 1. The summed E-state index contributed by atoms with van der Waals surface area (Å²) >= 11 is 1.32. The fraction of sp³-hybridized carbons (Fsp3) is 0.692. The second-order valence-corrected chi connectivity index (χ2v) is 17.6. The van der Waals surface area contributed by atoms with Crippen molar-refractivity contribution >= 4 is 46.7 Å². The Morgan fingerprint density at radius 3 is 2.31 bits per heavy atom. The lowest BCUT2D eigenvalue weighted by Crippen LogP contribution is -2.83. The van der Waals surface area contributed by atoms with Gasteiger partial charge in [0.25, 0.3) is 11.8 Å². The van der Waals surface area contributed by atoms with Crippen LogP contribution in [0.15, 0.2) is 30.2 Å². The number of carbonyl (C=O) groups is 6. The molecule has 12 heteroatoms. The van der Waals surface area contributed by atoms with Crippen LogP contribution in [0.5, 0.6) is 0 Å². The minimum absolute atomic E-state index is 0.138. The Morgan fingerprint density at radius 1 is 1.04 bits per heavy atom. The zero-order chi connectivity index (χ0) is 37.1. The number of nitrogens with zero attached hydrogens (tertiary/aromatic N) is 2. The van der Waals surface area contributed by atoms with Gasteiger partial charge in [0.05, 0.1) is 16.5 Å². The van der Waals surface area contributed by atoms with E-state index < -0.39 is 52.7 Å². The van der Waals surface area contributed by atoms with Gasteiger partial charge in [0.15, 0.2) is 0 Å². The normalized spacial score (nSPS) is 24.4. The molecule has 3 heterocycles. The van der Waals surface area contributed by atoms with Crippen molar-refractivity contribution in [2.24, 2.45) is 23.2 Å². The third kappa shape index (κ3) is 8.10. The van der Waals surface area contributed by atoms with E-state index in [0.29, 0.717) is 43.5 Å². The highest BCUT2D eigenvalue weighted by molar-refractivity contribution is 7.12. The van der Waals surface area contributed by atoms with E-state index in [1.165, 1.54) is 17.4 Å². The maximum atomic E-state index is 15.1. The molecule has 280 valence electrons. The molecule has 1 aromatic rings. The number of hydrogen-bond acceptors (Lipinski definition) is 7. The van der Waals surface area contributed by atoms with Crippen molar-refractivity contribution in [1.82, 2.24) is 25.8 Å². The first-order valence-corrected chi connectivity index (χ1v) is 19.8. The summed E-state index contributed by atoms with van der Waals surface area (Å²) in [7, 11) is 0. The van der Waals surface area contributed by atoms with Crippen molar-refractivity contribution in [2.75, 3.05) is 13.1 Å². The summed E-state index contributed by atoms with van der Waals surface area (Å²) in [5, 5.41) is 10.4. The largest absolute Gasteiger partial charge is 0.346 e. The van der Waals surface area contributed by atoms with Gasteiger partial charge in [-0.05, 0) is 66.7 Å². The number of likely N-dealkylation sites (tertiary alicyclic amines) is 2. The average Bonchev–Trinajstić information content (AvgIpc) is 3.76. The Morgan fingerprint density at radius 2 is 1.75 bits per heavy atom. The number of hydrogen-bond donors (Lipinski definition) is 3. The summed E-state index contributed by atoms with van der Waals surface area (Å²) in [6.07, 6.45) is 10.2. The van der Waals surface area contributed by atoms with Gasteiger partial charge >= 0.3 is 0 Å². The van der Waals surface area contributed by atoms with E-state index in [0.717, 1.165) is 38.5 Å². The molecule has 1 unspecified atom stereocenters. The molecule has 1 spiro atoms. The smallest absolute Gasteiger partial charge is 0.289 e. The Labute approximate surface area is 306 Å². The molecule has 5 rings (SSSR count). The van der Waals surface area contributed by atoms with Gasteiger partial charge in [0.2, 0.25) is 23.5 Å². The van der Waals surface area contributed by atoms with Crippen LogP contribution in [0.2, 0.25) is 0 Å². The van der Waals surface area contributed by atoms with Crippen molar-refractivity contribution in [3.63, 3.8) is 0 Å². The van der Waals surface area contributed by atoms with Gasteiger partial charge in [-0.1, -0.05) is 85.3 Å². The van der Waals surface area contributed by atoms with Crippen LogP contribution in [-0.4, -0.2) is 87.9 Å². The van der Waals surface area contributed by atoms with E-state index in [9.17, 15) is 24.0 Å². The highest BCUT2D eigenvalue weighted by Crippen LogP contribution is 2.49. The van der Waals surface area contributed by atoms with Crippen molar-refractivity contribution in [1.29, 1.82) is 0 Å². The standard InChI is InChI=1S/C39H57N5O6S/c1-7-19-40-35(48)30(45)27(23-25-13-11-14-25)41-34(47)29-26(22-24(2)3)16-20-43(29)37(50)32(38(4,5)6)44-36(49)31(39(44)17-9-8-10-18-39)42-33(46)28-15-12-21-51-28/h7,12,15,21,24-27,29,31-32H,1,8-11,13-14,16-20,22-23H2,2-6H3,(H,40,48)(H,41,47)(H,42,46)/t26-,27?,29+,31-,32-/m1/s1. The molecule has 0 bridgehead atoms. The van der Waals surface area contributed by atoms with Gasteiger partial charge in [-0.15, -0.1) is 17.9 Å². The second kappa shape index (κ2) is 16.0. The first kappa shape index (κ1) is 38.7. The van der Waals surface area contributed by atoms with E-state index in [1.807, 2.05) is 26.2 Å². The molecule has 5 amide bonds. The molecule has 0 radical (unpaired) electrons. The lowest BCUT2D eigenvalue weighted by molar-refractivity contribution is -0.187. The molecule has 2 saturated heterocycles. The zero-order valence-electron chi connectivity index (χ0n) is 31.0. The Kier molecular flexibility index (Phi) is 12.1. The number of ketones is 1. The van der Waals surface area contributed by atoms with Gasteiger partial charge < -0.3 is 25.8 Å². The number of β-lactam (4-membered cyclic amide) rings is 1. The van der Waals surface area contributed by atoms with E-state index in [4.69, 9.17) is 0 Å². The van der Waals surface area contributed by atoms with E-state index in [-0.39, 0.29) is 42.0 Å². The summed E-state index contributed by atoms with van der Waals surface area (Å²) in [4.78, 5) is 87.1. The van der Waals surface area contributed by atoms with Crippen LogP contribution in [0.4, 0.5) is 0 Å². The molecule has 3 N–H and O–H groups in total. The third-order valence-electron chi connectivity index (χ3n) is 11.5. The van der Waals surface area contributed by atoms with Crippen LogP contribution in [-0.2, 0) is 24.0 Å². The lowest BCUT2D eigenvalue weighted by atomic mass is 9.65. The number of amides is 5. The maximum Gasteiger partial charge on any atom is 0.289 e. The monoisotopic (exact) mass is 723 g/mol. The predicted octanol–water partition coefficient (Wildman–Crippen LogP) is 4.62. The molecule has 2 aliphatic carbocycles. The van der Waals surface area contributed by atoms with Gasteiger partial charge in [-0.3, -0.25) is 28.8 Å². The predicted molar refractivity (Wildman–Crippen MR) is 197 cm³/mol. The summed E-state index contributed by atoms with van der Waals surface area (Å²) in [5.41, 5.74) is -1.40. The summed E-state index contributed by atoms with van der Waals surface area (Å²) in [6, 6.07) is 0.0756. The number of carbonyl (C=O) groups excluding carboxylic acids is 6. The number of nitrogens with one attached hydrogen (secondary N) is 3. The SMILES string of the molecule is C=CCNC(=O)C(=O)C(CC1CCC1)NC(=O)[C@@H]1[C@@H](CC(C)C)CCN1C(=O)[C@@H](N1C(=O)[C@@H](NC(=O)c2cccs2)C12CCCCC2)C(C)(C)C. The van der Waals surface area contributed by atoms with Crippen LogP contribution >= 0.6 is 11.3 Å². The zero-order valence-corrected chi connectivity index (χ0v) is 31.8. The molecular weight excluding hydrogens is 667 g/mol. The molecule has 1 aromatic heterocycles. The fourth-order valence-electron chi connectivity index (χ4n) is 8.84. The van der Waals surface area contributed by atoms with Crippen molar-refractivity contribution < 1.29 is 28.8 Å².